The summed E-state index contributed by atoms with van der Waals surface area (Å²) in [6.07, 6.45) is 5.41. The summed E-state index contributed by atoms with van der Waals surface area (Å²) in [6, 6.07) is 0.325. The van der Waals surface area contributed by atoms with Crippen LogP contribution in [0.15, 0.2) is 17.6 Å². The Morgan fingerprint density at radius 2 is 2.19 bits per heavy atom. The number of halogens is 1. The third-order valence-corrected chi connectivity index (χ3v) is 5.28. The zero-order valence-electron chi connectivity index (χ0n) is 17.3. The summed E-state index contributed by atoms with van der Waals surface area (Å²) in [4.78, 5) is 4.68. The first-order valence-corrected chi connectivity index (χ1v) is 9.52. The van der Waals surface area contributed by atoms with Gasteiger partial charge in [0.25, 0.3) is 0 Å². The second-order valence-electron chi connectivity index (χ2n) is 7.52. The summed E-state index contributed by atoms with van der Waals surface area (Å²) in [6.45, 7) is 14.4. The van der Waals surface area contributed by atoms with Gasteiger partial charge in [-0.15, -0.1) is 40.8 Å². The number of aryl methyl sites for hydroxylation is 1. The largest absolute Gasteiger partial charge is 0.378 e. The SMILES string of the molecule is C=CCNC(=NCc1nnc(C)n1C)NC1CC(OCCCC)C1(C)C.I. The highest BCUT2D eigenvalue weighted by Crippen LogP contribution is 2.42. The Kier molecular flexibility index (Phi) is 9.72. The third kappa shape index (κ3) is 6.17. The van der Waals surface area contributed by atoms with Crippen molar-refractivity contribution in [1.82, 2.24) is 25.4 Å². The Hall–Kier alpha value is -1.16. The minimum atomic E-state index is 0. The maximum atomic E-state index is 6.04. The van der Waals surface area contributed by atoms with Crippen molar-refractivity contribution >= 4 is 29.9 Å². The zero-order valence-corrected chi connectivity index (χ0v) is 19.6. The molecule has 0 radical (unpaired) electrons. The number of aliphatic imine (C=N–C) groups is 1. The van der Waals surface area contributed by atoms with E-state index in [0.717, 1.165) is 37.1 Å². The monoisotopic (exact) mass is 490 g/mol. The molecule has 0 amide bonds. The van der Waals surface area contributed by atoms with Gasteiger partial charge in [-0.1, -0.05) is 33.3 Å². The average molecular weight is 490 g/mol. The molecule has 0 spiro atoms. The number of aromatic nitrogens is 3. The van der Waals surface area contributed by atoms with Gasteiger partial charge in [0, 0.05) is 31.7 Å². The van der Waals surface area contributed by atoms with Crippen molar-refractivity contribution in [3.05, 3.63) is 24.3 Å². The first-order chi connectivity index (χ1) is 12.4. The smallest absolute Gasteiger partial charge is 0.192 e. The molecule has 1 aromatic heterocycles. The van der Waals surface area contributed by atoms with Crippen molar-refractivity contribution in [3.8, 4) is 0 Å². The second kappa shape index (κ2) is 11.0. The molecule has 0 saturated heterocycles. The second-order valence-corrected chi connectivity index (χ2v) is 7.52. The first-order valence-electron chi connectivity index (χ1n) is 9.52. The quantitative estimate of drug-likeness (QED) is 0.183. The zero-order chi connectivity index (χ0) is 19.2. The van der Waals surface area contributed by atoms with Crippen molar-refractivity contribution in [3.63, 3.8) is 0 Å². The van der Waals surface area contributed by atoms with Crippen LogP contribution in [0.4, 0.5) is 0 Å². The van der Waals surface area contributed by atoms with Crippen molar-refractivity contribution in [2.75, 3.05) is 13.2 Å². The molecule has 2 unspecified atom stereocenters. The van der Waals surface area contributed by atoms with Crippen molar-refractivity contribution < 1.29 is 4.74 Å². The molecule has 0 bridgehead atoms. The average Bonchev–Trinajstić information content (AvgIpc) is 2.93. The van der Waals surface area contributed by atoms with E-state index in [-0.39, 0.29) is 29.4 Å². The lowest BCUT2D eigenvalue weighted by molar-refractivity contribution is -0.113. The van der Waals surface area contributed by atoms with Gasteiger partial charge in [0.15, 0.2) is 11.8 Å². The van der Waals surface area contributed by atoms with Gasteiger partial charge in [0.1, 0.15) is 12.4 Å². The van der Waals surface area contributed by atoms with Gasteiger partial charge in [-0.2, -0.15) is 0 Å². The lowest BCUT2D eigenvalue weighted by Crippen LogP contribution is -2.63. The minimum absolute atomic E-state index is 0. The standard InChI is InChI=1S/C19H34N6O.HI/c1-7-9-11-26-16-12-15(19(16,4)5)22-18(20-10-8-2)21-13-17-24-23-14(3)25(17)6;/h8,15-16H,2,7,9-13H2,1,3-6H3,(H2,20,21,22);1H. The minimum Gasteiger partial charge on any atom is -0.378 e. The molecular formula is C19H35IN6O. The van der Waals surface area contributed by atoms with E-state index >= 15 is 0 Å². The molecule has 1 aromatic rings. The van der Waals surface area contributed by atoms with E-state index in [4.69, 9.17) is 4.74 Å². The Morgan fingerprint density at radius 3 is 2.74 bits per heavy atom. The Bertz CT molecular complexity index is 628. The van der Waals surface area contributed by atoms with Crippen molar-refractivity contribution in [2.24, 2.45) is 17.5 Å². The number of ether oxygens (including phenoxy) is 1. The molecule has 27 heavy (non-hydrogen) atoms. The third-order valence-electron chi connectivity index (χ3n) is 5.28. The number of rotatable bonds is 9. The molecule has 0 aromatic carbocycles. The van der Waals surface area contributed by atoms with E-state index in [0.29, 0.717) is 25.2 Å². The van der Waals surface area contributed by atoms with Crippen LogP contribution in [0.5, 0.6) is 0 Å². The Balaban J connectivity index is 0.00000364. The van der Waals surface area contributed by atoms with Crippen LogP contribution >= 0.6 is 24.0 Å². The molecule has 1 aliphatic carbocycles. The van der Waals surface area contributed by atoms with Crippen LogP contribution in [-0.4, -0.2) is 46.0 Å². The topological polar surface area (TPSA) is 76.4 Å². The fourth-order valence-electron chi connectivity index (χ4n) is 3.01. The summed E-state index contributed by atoms with van der Waals surface area (Å²) < 4.78 is 7.99. The van der Waals surface area contributed by atoms with Crippen molar-refractivity contribution in [1.29, 1.82) is 0 Å². The van der Waals surface area contributed by atoms with E-state index < -0.39 is 0 Å². The molecule has 1 aliphatic rings. The van der Waals surface area contributed by atoms with Gasteiger partial charge < -0.3 is 19.9 Å². The number of hydrogen-bond acceptors (Lipinski definition) is 4. The predicted octanol–water partition coefficient (Wildman–Crippen LogP) is 2.95. The lowest BCUT2D eigenvalue weighted by Gasteiger charge is -2.52. The molecule has 2 N–H and O–H groups in total. The molecular weight excluding hydrogens is 455 g/mol. The molecule has 1 saturated carbocycles. The summed E-state index contributed by atoms with van der Waals surface area (Å²) in [5.41, 5.74) is 0.0751. The lowest BCUT2D eigenvalue weighted by atomic mass is 9.64. The molecule has 0 aliphatic heterocycles. The molecule has 1 fully saturated rings. The maximum Gasteiger partial charge on any atom is 0.192 e. The van der Waals surface area contributed by atoms with Crippen molar-refractivity contribution in [2.45, 2.75) is 65.6 Å². The summed E-state index contributed by atoms with van der Waals surface area (Å²) in [5.74, 6) is 2.50. The van der Waals surface area contributed by atoms with Gasteiger partial charge in [0.2, 0.25) is 0 Å². The van der Waals surface area contributed by atoms with E-state index in [1.807, 2.05) is 24.6 Å². The van der Waals surface area contributed by atoms with Gasteiger partial charge in [-0.25, -0.2) is 4.99 Å². The maximum absolute atomic E-state index is 6.04. The summed E-state index contributed by atoms with van der Waals surface area (Å²) >= 11 is 0. The van der Waals surface area contributed by atoms with Gasteiger partial charge in [0.05, 0.1) is 6.10 Å². The van der Waals surface area contributed by atoms with E-state index in [9.17, 15) is 0 Å². The highest BCUT2D eigenvalue weighted by Gasteiger charge is 2.49. The summed E-state index contributed by atoms with van der Waals surface area (Å²) in [7, 11) is 1.96. The molecule has 8 heteroatoms. The van der Waals surface area contributed by atoms with Gasteiger partial charge in [-0.05, 0) is 19.8 Å². The predicted molar refractivity (Wildman–Crippen MR) is 120 cm³/mol. The normalized spacial score (nSPS) is 21.1. The Labute approximate surface area is 180 Å². The summed E-state index contributed by atoms with van der Waals surface area (Å²) in [5, 5.41) is 15.1. The molecule has 154 valence electrons. The number of hydrogen-bond donors (Lipinski definition) is 2. The Morgan fingerprint density at radius 1 is 1.44 bits per heavy atom. The highest BCUT2D eigenvalue weighted by atomic mass is 127. The van der Waals surface area contributed by atoms with E-state index in [2.05, 4.69) is 53.2 Å². The van der Waals surface area contributed by atoms with E-state index in [1.54, 1.807) is 0 Å². The van der Waals surface area contributed by atoms with Gasteiger partial charge in [-0.3, -0.25) is 0 Å². The van der Waals surface area contributed by atoms with Crippen LogP contribution in [0.2, 0.25) is 0 Å². The highest BCUT2D eigenvalue weighted by molar-refractivity contribution is 14.0. The fraction of sp³-hybridized carbons (Fsp3) is 0.737. The van der Waals surface area contributed by atoms with Gasteiger partial charge >= 0.3 is 0 Å². The number of guanidine groups is 1. The fourth-order valence-corrected chi connectivity index (χ4v) is 3.01. The van der Waals surface area contributed by atoms with Crippen LogP contribution in [0.1, 0.15) is 51.7 Å². The first kappa shape index (κ1) is 23.9. The van der Waals surface area contributed by atoms with E-state index in [1.165, 1.54) is 6.42 Å². The van der Waals surface area contributed by atoms with Crippen LogP contribution in [0, 0.1) is 12.3 Å². The number of unbranched alkanes of at least 4 members (excludes halogenated alkanes) is 1. The van der Waals surface area contributed by atoms with Crippen LogP contribution in [0.25, 0.3) is 0 Å². The number of nitrogens with one attached hydrogen (secondary N) is 2. The molecule has 2 atom stereocenters. The molecule has 7 nitrogen and oxygen atoms in total. The molecule has 1 heterocycles. The van der Waals surface area contributed by atoms with Crippen LogP contribution in [0.3, 0.4) is 0 Å². The number of nitrogens with zero attached hydrogens (tertiary/aromatic N) is 4. The molecule has 2 rings (SSSR count). The van der Waals surface area contributed by atoms with Crippen LogP contribution < -0.4 is 10.6 Å². The van der Waals surface area contributed by atoms with Crippen LogP contribution in [-0.2, 0) is 18.3 Å².